The highest BCUT2D eigenvalue weighted by molar-refractivity contribution is 6.22. The zero-order valence-corrected chi connectivity index (χ0v) is 43.1. The summed E-state index contributed by atoms with van der Waals surface area (Å²) in [5.41, 5.74) is 5.26. The van der Waals surface area contributed by atoms with E-state index in [0.717, 1.165) is 27.2 Å². The molecule has 0 spiro atoms. The molecule has 390 valence electrons. The Morgan fingerprint density at radius 2 is 0.935 bits per heavy atom. The molecule has 0 N–H and O–H groups in total. The van der Waals surface area contributed by atoms with Crippen LogP contribution >= 0.6 is 0 Å². The van der Waals surface area contributed by atoms with E-state index in [2.05, 4.69) is 5.18 Å². The van der Waals surface area contributed by atoms with Gasteiger partial charge in [0.1, 0.15) is 22.9 Å². The summed E-state index contributed by atoms with van der Waals surface area (Å²) < 4.78 is 26.2. The number of imide groups is 2. The van der Waals surface area contributed by atoms with Gasteiger partial charge in [0, 0.05) is 45.4 Å². The van der Waals surface area contributed by atoms with Crippen LogP contribution in [0.5, 0.6) is 23.0 Å². The predicted octanol–water partition coefficient (Wildman–Crippen LogP) is 7.93. The number of ether oxygens (including phenoxy) is 4. The molecular formula is C59H53N7O11. The van der Waals surface area contributed by atoms with Crippen LogP contribution in [0.25, 0.3) is 21.8 Å². The van der Waals surface area contributed by atoms with E-state index in [-0.39, 0.29) is 85.4 Å². The van der Waals surface area contributed by atoms with Gasteiger partial charge in [-0.1, -0.05) is 42.5 Å². The summed E-state index contributed by atoms with van der Waals surface area (Å²) in [6, 6.07) is 31.4. The largest absolute Gasteiger partial charge is 0.493 e. The third-order valence-electron chi connectivity index (χ3n) is 14.2. The van der Waals surface area contributed by atoms with Gasteiger partial charge in [0.05, 0.1) is 66.5 Å². The van der Waals surface area contributed by atoms with E-state index < -0.39 is 17.4 Å². The molecule has 0 saturated heterocycles. The molecule has 0 aliphatic carbocycles. The van der Waals surface area contributed by atoms with Crippen LogP contribution in [0.1, 0.15) is 80.9 Å². The van der Waals surface area contributed by atoms with Gasteiger partial charge in [-0.05, 0) is 126 Å². The van der Waals surface area contributed by atoms with Crippen molar-refractivity contribution in [2.75, 3.05) is 41.0 Å². The molecule has 2 aromatic heterocycles. The van der Waals surface area contributed by atoms with Crippen molar-refractivity contribution in [1.82, 2.24) is 28.9 Å². The van der Waals surface area contributed by atoms with Crippen LogP contribution in [-0.4, -0.2) is 93.6 Å². The summed E-state index contributed by atoms with van der Waals surface area (Å²) in [5.74, 6) is 1.14. The zero-order valence-electron chi connectivity index (χ0n) is 43.1. The molecule has 4 heterocycles. The summed E-state index contributed by atoms with van der Waals surface area (Å²) in [5, 5.41) is 3.78. The fourth-order valence-corrected chi connectivity index (χ4v) is 10.3. The molecule has 0 atom stereocenters. The predicted molar refractivity (Wildman–Crippen MR) is 287 cm³/mol. The van der Waals surface area contributed by atoms with Crippen molar-refractivity contribution in [3.63, 3.8) is 0 Å². The highest BCUT2D eigenvalue weighted by Crippen LogP contribution is 2.32. The topological polar surface area (TPSA) is 211 Å². The summed E-state index contributed by atoms with van der Waals surface area (Å²) in [7, 11) is 4.66. The number of fused-ring (bicyclic) bond motifs is 4. The number of hydrogen-bond donors (Lipinski definition) is 0. The number of methoxy groups -OCH3 is 3. The molecule has 0 fully saturated rings. The van der Waals surface area contributed by atoms with Crippen LogP contribution in [0.2, 0.25) is 0 Å². The Balaban J connectivity index is 0.885. The van der Waals surface area contributed by atoms with E-state index in [4.69, 9.17) is 28.9 Å². The minimum Gasteiger partial charge on any atom is -0.493 e. The first kappa shape index (κ1) is 51.2. The molecule has 0 unspecified atom stereocenters. The number of carbonyl (C=O) groups excluding carboxylic acids is 4. The lowest BCUT2D eigenvalue weighted by atomic mass is 10.0. The number of amides is 4. The van der Waals surface area contributed by atoms with Gasteiger partial charge in [0.15, 0.2) is 23.0 Å². The van der Waals surface area contributed by atoms with Crippen molar-refractivity contribution < 1.29 is 38.1 Å². The summed E-state index contributed by atoms with van der Waals surface area (Å²) in [6.45, 7) is 4.23. The molecule has 18 heteroatoms. The number of hydrogen-bond acceptors (Lipinski definition) is 14. The highest BCUT2D eigenvalue weighted by atomic mass is 16.5. The Morgan fingerprint density at radius 3 is 1.43 bits per heavy atom. The van der Waals surface area contributed by atoms with Gasteiger partial charge >= 0.3 is 0 Å². The normalized spacial score (nSPS) is 12.9. The molecule has 2 aliphatic rings. The smallest absolute Gasteiger partial charge is 0.261 e. The maximum Gasteiger partial charge on any atom is 0.261 e. The van der Waals surface area contributed by atoms with Gasteiger partial charge < -0.3 is 18.9 Å². The first-order valence-corrected chi connectivity index (χ1v) is 25.1. The van der Waals surface area contributed by atoms with Gasteiger partial charge in [-0.25, -0.2) is 9.97 Å². The molecule has 0 saturated carbocycles. The number of nitroso groups, excluding NO2 is 1. The van der Waals surface area contributed by atoms with Crippen LogP contribution in [-0.2, 0) is 45.2 Å². The third kappa shape index (κ3) is 9.80. The van der Waals surface area contributed by atoms with Crippen molar-refractivity contribution in [1.29, 1.82) is 0 Å². The molecule has 0 bridgehead atoms. The van der Waals surface area contributed by atoms with Crippen LogP contribution < -0.4 is 30.1 Å². The maximum atomic E-state index is 14.7. The second kappa shape index (κ2) is 21.5. The molecular weight excluding hydrogens is 983 g/mol. The number of rotatable bonds is 20. The Labute approximate surface area is 441 Å². The molecule has 2 aliphatic heterocycles. The number of benzene rings is 6. The van der Waals surface area contributed by atoms with Crippen molar-refractivity contribution in [2.45, 2.75) is 59.0 Å². The van der Waals surface area contributed by atoms with Gasteiger partial charge in [-0.2, -0.15) is 0 Å². The second-order valence-electron chi connectivity index (χ2n) is 18.9. The first-order chi connectivity index (χ1) is 37.3. The maximum absolute atomic E-state index is 14.7. The van der Waals surface area contributed by atoms with Crippen molar-refractivity contribution in [2.24, 2.45) is 5.18 Å². The molecule has 0 radical (unpaired) electrons. The van der Waals surface area contributed by atoms with Crippen molar-refractivity contribution >= 4 is 51.1 Å². The quantitative estimate of drug-likeness (QED) is 0.0525. The summed E-state index contributed by atoms with van der Waals surface area (Å²) in [6.07, 6.45) is 1.37. The molecule has 77 heavy (non-hydrogen) atoms. The van der Waals surface area contributed by atoms with E-state index in [9.17, 15) is 33.7 Å². The number of nitrogens with zero attached hydrogens (tertiary/aromatic N) is 7. The van der Waals surface area contributed by atoms with Crippen molar-refractivity contribution in [3.8, 4) is 23.0 Å². The van der Waals surface area contributed by atoms with Crippen LogP contribution in [0.15, 0.2) is 124 Å². The molecule has 18 nitrogen and oxygen atoms in total. The fourth-order valence-electron chi connectivity index (χ4n) is 10.3. The lowest BCUT2D eigenvalue weighted by Crippen LogP contribution is -2.34. The summed E-state index contributed by atoms with van der Waals surface area (Å²) in [4.78, 5) is 106. The standard InChI is InChI=1S/C59H53N7O11/c1-34-28-43-53(45(29-34)62-73)61-51(21-26-66-56(69)41-12-8-9-13-42(41)57(66)70)64(58(43)71)24-19-37-15-17-47(75-4)49(33-37)77-27-22-38-30-35(2)52-44(31-38)59(72)63(23-18-36-14-16-46(74-3)48(32-36)76-5)50(60-52)20-25-65-54(67)39-10-6-7-11-40(39)55(65)68/h6-17,28-33H,18-27H2,1-5H3. The minimum atomic E-state index is -0.433. The van der Waals surface area contributed by atoms with Gasteiger partial charge in [-0.15, -0.1) is 4.91 Å². The average molecular weight is 1040 g/mol. The summed E-state index contributed by atoms with van der Waals surface area (Å²) >= 11 is 0. The van der Waals surface area contributed by atoms with Crippen LogP contribution in [0.4, 0.5) is 5.69 Å². The molecule has 4 amide bonds. The molecule has 6 aromatic carbocycles. The van der Waals surface area contributed by atoms with E-state index in [0.29, 0.717) is 86.8 Å². The lowest BCUT2D eigenvalue weighted by molar-refractivity contribution is 0.0639. The van der Waals surface area contributed by atoms with Crippen molar-refractivity contribution in [3.05, 3.63) is 197 Å². The fraction of sp³-hybridized carbons (Fsp3) is 0.254. The zero-order chi connectivity index (χ0) is 54.1. The Kier molecular flexibility index (Phi) is 14.3. The number of carbonyl (C=O) groups is 4. The van der Waals surface area contributed by atoms with E-state index in [1.807, 2.05) is 49.4 Å². The average Bonchev–Trinajstić information content (AvgIpc) is 3.84. The van der Waals surface area contributed by atoms with Gasteiger partial charge in [-0.3, -0.25) is 47.7 Å². The Bertz CT molecular complexity index is 3800. The Morgan fingerprint density at radius 1 is 0.468 bits per heavy atom. The van der Waals surface area contributed by atoms with Gasteiger partial charge in [0.25, 0.3) is 34.7 Å². The lowest BCUT2D eigenvalue weighted by Gasteiger charge is -2.18. The van der Waals surface area contributed by atoms with Crippen LogP contribution in [0.3, 0.4) is 0 Å². The van der Waals surface area contributed by atoms with E-state index >= 15 is 0 Å². The third-order valence-corrected chi connectivity index (χ3v) is 14.2. The minimum absolute atomic E-state index is 0.0159. The number of aryl methyl sites for hydroxylation is 4. The monoisotopic (exact) mass is 1040 g/mol. The Hall–Kier alpha value is -9.32. The SMILES string of the molecule is COc1ccc(CCn2c(CCN3C(=O)c4ccccc4C3=O)nc3c(C)cc(CCOc4cc(CCn5c(CCN6C(=O)c7ccccc7C6=O)nc6c(N=O)cc(C)cc6c5=O)ccc4OC)cc3c2=O)cc1OC. The van der Waals surface area contributed by atoms with Gasteiger partial charge in [0.2, 0.25) is 0 Å². The second-order valence-corrected chi connectivity index (χ2v) is 18.9. The van der Waals surface area contributed by atoms with Crippen LogP contribution in [0, 0.1) is 18.8 Å². The first-order valence-electron chi connectivity index (χ1n) is 25.1. The highest BCUT2D eigenvalue weighted by Gasteiger charge is 2.36. The molecule has 8 aromatic rings. The molecule has 10 rings (SSSR count). The number of aromatic nitrogens is 4. The van der Waals surface area contributed by atoms with E-state index in [1.165, 1.54) is 16.6 Å². The van der Waals surface area contributed by atoms with E-state index in [1.54, 1.807) is 92.4 Å².